The van der Waals surface area contributed by atoms with E-state index in [2.05, 4.69) is 10.6 Å². The molecule has 0 radical (unpaired) electrons. The number of ether oxygens (including phenoxy) is 1. The van der Waals surface area contributed by atoms with Crippen molar-refractivity contribution in [2.45, 2.75) is 25.4 Å². The average molecular weight is 218 g/mol. The van der Waals surface area contributed by atoms with Gasteiger partial charge in [-0.1, -0.05) is 0 Å². The average Bonchev–Trinajstić information content (AvgIpc) is 2.56. The van der Waals surface area contributed by atoms with E-state index < -0.39 is 0 Å². The van der Waals surface area contributed by atoms with Gasteiger partial charge in [0.25, 0.3) is 0 Å². The van der Waals surface area contributed by atoms with Gasteiger partial charge >= 0.3 is 6.03 Å². The number of carbonyl (C=O) groups is 1. The number of thioether (sulfide) groups is 1. The third-order valence-electron chi connectivity index (χ3n) is 2.06. The molecule has 2 atom stereocenters. The lowest BCUT2D eigenvalue weighted by atomic mass is 10.3. The third kappa shape index (κ3) is 4.19. The highest BCUT2D eigenvalue weighted by Crippen LogP contribution is 2.03. The zero-order valence-corrected chi connectivity index (χ0v) is 9.52. The number of carbonyl (C=O) groups excluding carboxylic acids is 1. The molecule has 82 valence electrons. The lowest BCUT2D eigenvalue weighted by molar-refractivity contribution is 0.188. The second-order valence-corrected chi connectivity index (χ2v) is 4.45. The summed E-state index contributed by atoms with van der Waals surface area (Å²) in [5.41, 5.74) is 0. The van der Waals surface area contributed by atoms with Crippen LogP contribution in [0.1, 0.15) is 13.3 Å². The fourth-order valence-corrected chi connectivity index (χ4v) is 1.97. The Hall–Kier alpha value is -0.420. The quantitative estimate of drug-likeness (QED) is 0.734. The maximum Gasteiger partial charge on any atom is 0.315 e. The highest BCUT2D eigenvalue weighted by atomic mass is 32.2. The Morgan fingerprint density at radius 1 is 1.71 bits per heavy atom. The zero-order chi connectivity index (χ0) is 10.4. The monoisotopic (exact) mass is 218 g/mol. The Bertz CT molecular complexity index is 184. The van der Waals surface area contributed by atoms with Crippen LogP contribution in [0.5, 0.6) is 0 Å². The fraction of sp³-hybridized carbons (Fsp3) is 0.889. The van der Waals surface area contributed by atoms with Crippen molar-refractivity contribution in [3.63, 3.8) is 0 Å². The molecule has 2 N–H and O–H groups in total. The molecule has 0 spiro atoms. The SMILES string of the molecule is CSCC(C)NC(=O)NC1CCOC1. The van der Waals surface area contributed by atoms with Crippen molar-refractivity contribution >= 4 is 17.8 Å². The summed E-state index contributed by atoms with van der Waals surface area (Å²) in [6.07, 6.45) is 2.95. The van der Waals surface area contributed by atoms with Crippen LogP contribution in [-0.2, 0) is 4.74 Å². The molecule has 1 rings (SSSR count). The van der Waals surface area contributed by atoms with Gasteiger partial charge in [0.15, 0.2) is 0 Å². The number of nitrogens with one attached hydrogen (secondary N) is 2. The van der Waals surface area contributed by atoms with Crippen LogP contribution in [0.15, 0.2) is 0 Å². The van der Waals surface area contributed by atoms with Crippen LogP contribution >= 0.6 is 11.8 Å². The van der Waals surface area contributed by atoms with Gasteiger partial charge in [0.2, 0.25) is 0 Å². The van der Waals surface area contributed by atoms with Crippen molar-refractivity contribution in [3.05, 3.63) is 0 Å². The minimum absolute atomic E-state index is 0.0814. The van der Waals surface area contributed by atoms with E-state index in [9.17, 15) is 4.79 Å². The van der Waals surface area contributed by atoms with Crippen LogP contribution in [0.3, 0.4) is 0 Å². The maximum atomic E-state index is 11.4. The predicted octanol–water partition coefficient (Wildman–Crippen LogP) is 0.826. The molecule has 1 aliphatic heterocycles. The minimum Gasteiger partial charge on any atom is -0.379 e. The van der Waals surface area contributed by atoms with Crippen LogP contribution in [0.4, 0.5) is 4.79 Å². The summed E-state index contributed by atoms with van der Waals surface area (Å²) < 4.78 is 5.16. The van der Waals surface area contributed by atoms with Gasteiger partial charge in [0.05, 0.1) is 12.6 Å². The summed E-state index contributed by atoms with van der Waals surface area (Å²) in [5.74, 6) is 0.939. The molecular weight excluding hydrogens is 200 g/mol. The van der Waals surface area contributed by atoms with E-state index in [0.29, 0.717) is 6.61 Å². The number of urea groups is 1. The fourth-order valence-electron chi connectivity index (χ4n) is 1.39. The molecule has 0 saturated carbocycles. The topological polar surface area (TPSA) is 50.4 Å². The Morgan fingerprint density at radius 2 is 2.50 bits per heavy atom. The largest absolute Gasteiger partial charge is 0.379 e. The molecule has 1 heterocycles. The smallest absolute Gasteiger partial charge is 0.315 e. The molecule has 0 aromatic carbocycles. The van der Waals surface area contributed by atoms with Crippen molar-refractivity contribution in [1.82, 2.24) is 10.6 Å². The molecule has 1 saturated heterocycles. The Morgan fingerprint density at radius 3 is 3.07 bits per heavy atom. The van der Waals surface area contributed by atoms with Crippen molar-refractivity contribution < 1.29 is 9.53 Å². The molecule has 1 aliphatic rings. The highest BCUT2D eigenvalue weighted by Gasteiger charge is 2.18. The van der Waals surface area contributed by atoms with Gasteiger partial charge in [-0.25, -0.2) is 4.79 Å². The molecule has 0 aliphatic carbocycles. The van der Waals surface area contributed by atoms with Crippen LogP contribution in [0.25, 0.3) is 0 Å². The van der Waals surface area contributed by atoms with Crippen LogP contribution < -0.4 is 10.6 Å². The first-order valence-corrected chi connectivity index (χ1v) is 6.25. The molecular formula is C9H18N2O2S. The molecule has 2 unspecified atom stereocenters. The van der Waals surface area contributed by atoms with E-state index in [-0.39, 0.29) is 18.1 Å². The van der Waals surface area contributed by atoms with Gasteiger partial charge in [-0.3, -0.25) is 0 Å². The van der Waals surface area contributed by atoms with Gasteiger partial charge < -0.3 is 15.4 Å². The molecule has 5 heteroatoms. The molecule has 0 aromatic rings. The van der Waals surface area contributed by atoms with E-state index in [1.165, 1.54) is 0 Å². The number of amides is 2. The first-order valence-electron chi connectivity index (χ1n) is 4.86. The van der Waals surface area contributed by atoms with Gasteiger partial charge in [0.1, 0.15) is 0 Å². The van der Waals surface area contributed by atoms with Crippen molar-refractivity contribution in [2.24, 2.45) is 0 Å². The predicted molar refractivity (Wildman–Crippen MR) is 58.7 cm³/mol. The molecule has 2 amide bonds. The van der Waals surface area contributed by atoms with Gasteiger partial charge in [-0.2, -0.15) is 11.8 Å². The van der Waals surface area contributed by atoms with Crippen LogP contribution in [0.2, 0.25) is 0 Å². The first-order chi connectivity index (χ1) is 6.72. The van der Waals surface area contributed by atoms with E-state index in [1.807, 2.05) is 13.2 Å². The van der Waals surface area contributed by atoms with E-state index >= 15 is 0 Å². The third-order valence-corrected chi connectivity index (χ3v) is 2.89. The van der Waals surface area contributed by atoms with Crippen LogP contribution in [0, 0.1) is 0 Å². The normalized spacial score (nSPS) is 23.1. The molecule has 4 nitrogen and oxygen atoms in total. The summed E-state index contributed by atoms with van der Waals surface area (Å²) in [5, 5.41) is 5.77. The Kier molecular flexibility index (Phi) is 5.11. The zero-order valence-electron chi connectivity index (χ0n) is 8.71. The summed E-state index contributed by atoms with van der Waals surface area (Å²) in [6.45, 7) is 3.40. The van der Waals surface area contributed by atoms with E-state index in [4.69, 9.17) is 4.74 Å². The van der Waals surface area contributed by atoms with Gasteiger partial charge in [0, 0.05) is 18.4 Å². The van der Waals surface area contributed by atoms with E-state index in [0.717, 1.165) is 18.8 Å². The lowest BCUT2D eigenvalue weighted by Gasteiger charge is -2.15. The minimum atomic E-state index is -0.0814. The molecule has 1 fully saturated rings. The molecule has 14 heavy (non-hydrogen) atoms. The summed E-state index contributed by atoms with van der Waals surface area (Å²) in [6, 6.07) is 0.325. The highest BCUT2D eigenvalue weighted by molar-refractivity contribution is 7.98. The Balaban J connectivity index is 2.14. The second-order valence-electron chi connectivity index (χ2n) is 3.53. The summed E-state index contributed by atoms with van der Waals surface area (Å²) in [7, 11) is 0. The van der Waals surface area contributed by atoms with Gasteiger partial charge in [-0.15, -0.1) is 0 Å². The van der Waals surface area contributed by atoms with Crippen molar-refractivity contribution in [3.8, 4) is 0 Å². The van der Waals surface area contributed by atoms with Crippen molar-refractivity contribution in [2.75, 3.05) is 25.2 Å². The number of hydrogen-bond donors (Lipinski definition) is 2. The van der Waals surface area contributed by atoms with E-state index in [1.54, 1.807) is 11.8 Å². The maximum absolute atomic E-state index is 11.4. The number of rotatable bonds is 4. The Labute approximate surface area is 89.2 Å². The molecule has 0 aromatic heterocycles. The standard InChI is InChI=1S/C9H18N2O2S/c1-7(6-14-2)10-9(12)11-8-3-4-13-5-8/h7-8H,3-6H2,1-2H3,(H2,10,11,12). The first kappa shape index (κ1) is 11.7. The van der Waals surface area contributed by atoms with Crippen molar-refractivity contribution in [1.29, 1.82) is 0 Å². The second kappa shape index (κ2) is 6.14. The van der Waals surface area contributed by atoms with Crippen LogP contribution in [-0.4, -0.2) is 43.3 Å². The number of hydrogen-bond acceptors (Lipinski definition) is 3. The van der Waals surface area contributed by atoms with Gasteiger partial charge in [-0.05, 0) is 19.6 Å². The summed E-state index contributed by atoms with van der Waals surface area (Å²) in [4.78, 5) is 11.4. The lowest BCUT2D eigenvalue weighted by Crippen LogP contribution is -2.46. The molecule has 0 bridgehead atoms. The summed E-state index contributed by atoms with van der Waals surface area (Å²) >= 11 is 1.73.